The molecule has 0 amide bonds. The molecule has 0 saturated heterocycles. The fraction of sp³-hybridized carbons (Fsp3) is 0.244. The van der Waals surface area contributed by atoms with Crippen molar-refractivity contribution < 1.29 is 52.1 Å². The number of hydrogen-bond donors (Lipinski definition) is 0. The lowest BCUT2D eigenvalue weighted by Crippen LogP contribution is -2.18. The van der Waals surface area contributed by atoms with Gasteiger partial charge in [0.1, 0.15) is 19.0 Å². The van der Waals surface area contributed by atoms with Crippen LogP contribution in [0, 0.1) is 30.5 Å². The van der Waals surface area contributed by atoms with E-state index in [4.69, 9.17) is 14.2 Å². The highest BCUT2D eigenvalue weighted by Gasteiger charge is 2.36. The quantitative estimate of drug-likeness (QED) is 0.0339. The van der Waals surface area contributed by atoms with Crippen LogP contribution < -0.4 is 0 Å². The van der Waals surface area contributed by atoms with E-state index in [1.54, 1.807) is 55.5 Å². The van der Waals surface area contributed by atoms with Gasteiger partial charge in [0.05, 0.1) is 12.2 Å². The molecule has 56 heavy (non-hydrogen) atoms. The van der Waals surface area contributed by atoms with Crippen molar-refractivity contribution in [2.24, 2.45) is 17.8 Å². The van der Waals surface area contributed by atoms with Gasteiger partial charge in [-0.25, -0.2) is 28.4 Å². The molecule has 2 aliphatic carbocycles. The maximum atomic E-state index is 12.9. The zero-order chi connectivity index (χ0) is 39.7. The number of allylic oxidation sites excluding steroid dienone is 3. The van der Waals surface area contributed by atoms with Gasteiger partial charge < -0.3 is 18.9 Å². The number of aryl methyl sites for hydroxylation is 1. The average Bonchev–Trinajstić information content (AvgIpc) is 3.92. The standard InChI is InChI=1S/C24H21FO3.C16H18O4.C4H2O3.CH4/c25-22-9-5-16(6-10-22)7-11-23(26)19-2-1-3-20(14-19)24(27)28-15-21-13-17-4-8-18(21)12-17;1-12(2)16(18)20-11-10-19-15(17)9-8-14-6-4-13(3)5-7-14;5-3-1-2-4(6)7-3;/h1-11,14,17-18,21H,12-13,15H2;4-9H,1,10-11H2,2-3H3;1-2H;1H4/b11-7+;9-8+;;. The molecule has 1 aliphatic heterocycles. The highest BCUT2D eigenvalue weighted by atomic mass is 19.1. The Balaban J connectivity index is 0.000000262. The van der Waals surface area contributed by atoms with E-state index in [9.17, 15) is 33.2 Å². The van der Waals surface area contributed by atoms with Crippen molar-refractivity contribution in [3.63, 3.8) is 0 Å². The predicted octanol–water partition coefficient (Wildman–Crippen LogP) is 8.02. The van der Waals surface area contributed by atoms with E-state index in [0.717, 1.165) is 35.3 Å². The molecule has 10 nitrogen and oxygen atoms in total. The summed E-state index contributed by atoms with van der Waals surface area (Å²) < 4.78 is 32.1. The van der Waals surface area contributed by atoms with Gasteiger partial charge >= 0.3 is 29.8 Å². The summed E-state index contributed by atoms with van der Waals surface area (Å²) in [4.78, 5) is 67.1. The van der Waals surface area contributed by atoms with Crippen LogP contribution in [-0.2, 0) is 38.1 Å². The number of ketones is 1. The Kier molecular flexibility index (Phi) is 17.3. The number of carbonyl (C=O) groups excluding carboxylic acids is 6. The fourth-order valence-corrected chi connectivity index (χ4v) is 5.59. The van der Waals surface area contributed by atoms with Crippen molar-refractivity contribution in [3.05, 3.63) is 155 Å². The molecular weight excluding hydrogens is 719 g/mol. The Labute approximate surface area is 326 Å². The molecule has 3 aromatic rings. The van der Waals surface area contributed by atoms with Crippen LogP contribution in [0.1, 0.15) is 64.6 Å². The monoisotopic (exact) mass is 764 g/mol. The molecule has 3 unspecified atom stereocenters. The zero-order valence-electron chi connectivity index (χ0n) is 30.5. The van der Waals surface area contributed by atoms with E-state index in [1.165, 1.54) is 30.7 Å². The first-order chi connectivity index (χ1) is 26.4. The second kappa shape index (κ2) is 22.0. The zero-order valence-corrected chi connectivity index (χ0v) is 30.5. The Morgan fingerprint density at radius 1 is 0.804 bits per heavy atom. The summed E-state index contributed by atoms with van der Waals surface area (Å²) in [6.45, 7) is 7.46. The molecule has 1 heterocycles. The molecular formula is C45H45FO10. The van der Waals surface area contributed by atoms with Crippen molar-refractivity contribution in [2.45, 2.75) is 34.1 Å². The van der Waals surface area contributed by atoms with Crippen LogP contribution in [0.25, 0.3) is 12.2 Å². The van der Waals surface area contributed by atoms with E-state index in [1.807, 2.05) is 31.2 Å². The van der Waals surface area contributed by atoms with E-state index >= 15 is 0 Å². The number of hydrogen-bond acceptors (Lipinski definition) is 10. The smallest absolute Gasteiger partial charge is 0.338 e. The van der Waals surface area contributed by atoms with E-state index in [-0.39, 0.29) is 32.2 Å². The van der Waals surface area contributed by atoms with Crippen LogP contribution in [0.3, 0.4) is 0 Å². The summed E-state index contributed by atoms with van der Waals surface area (Å²) in [7, 11) is 0. The van der Waals surface area contributed by atoms with Crippen molar-refractivity contribution in [1.29, 1.82) is 0 Å². The molecule has 1 fully saturated rings. The van der Waals surface area contributed by atoms with Gasteiger partial charge in [-0.1, -0.05) is 86.3 Å². The Morgan fingerprint density at radius 3 is 1.98 bits per heavy atom. The summed E-state index contributed by atoms with van der Waals surface area (Å²) in [5.74, 6) is -1.49. The summed E-state index contributed by atoms with van der Waals surface area (Å²) in [5.41, 5.74) is 3.90. The number of benzene rings is 3. The van der Waals surface area contributed by atoms with Crippen molar-refractivity contribution >= 4 is 47.8 Å². The van der Waals surface area contributed by atoms with Crippen molar-refractivity contribution in [3.8, 4) is 0 Å². The van der Waals surface area contributed by atoms with Gasteiger partial charge in [-0.05, 0) is 92.0 Å². The Morgan fingerprint density at radius 2 is 1.41 bits per heavy atom. The lowest BCUT2D eigenvalue weighted by atomic mass is 9.94. The molecule has 0 spiro atoms. The summed E-state index contributed by atoms with van der Waals surface area (Å²) in [5, 5.41) is 0. The SMILES string of the molecule is C.C=C(C)C(=O)OCCOC(=O)/C=C/c1ccc(C)cc1.O=C(/C=C/c1ccc(F)cc1)c1cccc(C(=O)OCC2CC3C=CC2C3)c1.O=C1C=CC(=O)O1. The topological polar surface area (TPSA) is 139 Å². The van der Waals surface area contributed by atoms with E-state index in [2.05, 4.69) is 23.5 Å². The number of ether oxygens (including phenoxy) is 4. The van der Waals surface area contributed by atoms with Gasteiger partial charge in [-0.3, -0.25) is 4.79 Å². The number of carbonyl (C=O) groups is 6. The third-order valence-electron chi connectivity index (χ3n) is 8.48. The second-order valence-electron chi connectivity index (χ2n) is 12.9. The van der Waals surface area contributed by atoms with Crippen molar-refractivity contribution in [1.82, 2.24) is 0 Å². The molecule has 3 aromatic carbocycles. The van der Waals surface area contributed by atoms with Crippen LogP contribution in [0.2, 0.25) is 0 Å². The lowest BCUT2D eigenvalue weighted by molar-refractivity contribution is -0.150. The van der Waals surface area contributed by atoms with Gasteiger partial charge in [0, 0.05) is 29.4 Å². The maximum absolute atomic E-state index is 12.9. The first kappa shape index (κ1) is 43.9. The van der Waals surface area contributed by atoms with Crippen LogP contribution in [0.15, 0.2) is 121 Å². The molecule has 0 N–H and O–H groups in total. The van der Waals surface area contributed by atoms with Crippen LogP contribution in [-0.4, -0.2) is 55.5 Å². The minimum atomic E-state index is -0.579. The summed E-state index contributed by atoms with van der Waals surface area (Å²) in [6.07, 6.45) is 15.0. The Bertz CT molecular complexity index is 1990. The summed E-state index contributed by atoms with van der Waals surface area (Å²) >= 11 is 0. The van der Waals surface area contributed by atoms with Crippen LogP contribution in [0.4, 0.5) is 4.39 Å². The number of rotatable bonds is 12. The molecule has 3 aliphatic rings. The molecule has 2 bridgehead atoms. The van der Waals surface area contributed by atoms with Crippen molar-refractivity contribution in [2.75, 3.05) is 19.8 Å². The molecule has 292 valence electrons. The highest BCUT2D eigenvalue weighted by Crippen LogP contribution is 2.43. The normalized spacial score (nSPS) is 17.2. The largest absolute Gasteiger partial charge is 0.462 e. The van der Waals surface area contributed by atoms with Crippen LogP contribution >= 0.6 is 0 Å². The molecule has 1 saturated carbocycles. The minimum absolute atomic E-state index is 0. The van der Waals surface area contributed by atoms with Gasteiger partial charge in [0.15, 0.2) is 5.78 Å². The minimum Gasteiger partial charge on any atom is -0.462 e. The average molecular weight is 765 g/mol. The first-order valence-corrected chi connectivity index (χ1v) is 17.5. The first-order valence-electron chi connectivity index (χ1n) is 17.5. The number of cyclic esters (lactones) is 2. The Hall–Kier alpha value is -6.49. The second-order valence-corrected chi connectivity index (χ2v) is 12.9. The molecule has 0 aromatic heterocycles. The predicted molar refractivity (Wildman–Crippen MR) is 209 cm³/mol. The number of halogens is 1. The number of esters is 5. The van der Waals surface area contributed by atoms with Gasteiger partial charge in [0.2, 0.25) is 0 Å². The lowest BCUT2D eigenvalue weighted by Gasteiger charge is -2.17. The molecule has 11 heteroatoms. The third kappa shape index (κ3) is 14.7. The van der Waals surface area contributed by atoms with Crippen LogP contribution in [0.5, 0.6) is 0 Å². The molecule has 0 radical (unpaired) electrons. The fourth-order valence-electron chi connectivity index (χ4n) is 5.59. The molecule has 6 rings (SSSR count). The van der Waals surface area contributed by atoms with Gasteiger partial charge in [-0.15, -0.1) is 0 Å². The van der Waals surface area contributed by atoms with Gasteiger partial charge in [0.25, 0.3) is 0 Å². The third-order valence-corrected chi connectivity index (χ3v) is 8.48. The number of fused-ring (bicyclic) bond motifs is 2. The van der Waals surface area contributed by atoms with Gasteiger partial charge in [-0.2, -0.15) is 0 Å². The van der Waals surface area contributed by atoms with E-state index < -0.39 is 29.8 Å². The maximum Gasteiger partial charge on any atom is 0.338 e. The molecule has 3 atom stereocenters. The highest BCUT2D eigenvalue weighted by molar-refractivity contribution is 6.08. The summed E-state index contributed by atoms with van der Waals surface area (Å²) in [6, 6.07) is 20.2. The van der Waals surface area contributed by atoms with E-state index in [0.29, 0.717) is 41.1 Å².